The number of aldehydes is 1. The Balaban J connectivity index is 2.03. The molecule has 1 nitrogen and oxygen atoms in total. The molecule has 1 fully saturated rings. The van der Waals surface area contributed by atoms with E-state index < -0.39 is 0 Å². The lowest BCUT2D eigenvalue weighted by Gasteiger charge is -2.05. The highest BCUT2D eigenvalue weighted by Gasteiger charge is 2.23. The van der Waals surface area contributed by atoms with Crippen LogP contribution in [0.1, 0.15) is 24.8 Å². The molecule has 0 aliphatic heterocycles. The van der Waals surface area contributed by atoms with Gasteiger partial charge >= 0.3 is 0 Å². The Morgan fingerprint density at radius 2 is 2.27 bits per heavy atom. The Bertz CT molecular complexity index is 361. The molecule has 1 aromatic carbocycles. The van der Waals surface area contributed by atoms with Crippen LogP contribution in [0.4, 0.5) is 0 Å². The standard InChI is InChI=1S/C12H13ClOS/c13-11-8-9(2-1-7-14)3-6-12(11)15-10-4-5-10/h3,6-8,10H,1-2,4-5H2. The molecule has 0 saturated heterocycles. The lowest BCUT2D eigenvalue weighted by Crippen LogP contribution is -1.87. The first kappa shape index (κ1) is 11.0. The van der Waals surface area contributed by atoms with Gasteiger partial charge in [0.2, 0.25) is 0 Å². The predicted octanol–water partition coefficient (Wildman–Crippen LogP) is 3.73. The van der Waals surface area contributed by atoms with E-state index in [1.165, 1.54) is 17.7 Å². The van der Waals surface area contributed by atoms with Crippen LogP contribution in [0.15, 0.2) is 23.1 Å². The summed E-state index contributed by atoms with van der Waals surface area (Å²) in [5.74, 6) is 0. The molecule has 1 aromatic rings. The van der Waals surface area contributed by atoms with E-state index in [1.54, 1.807) is 0 Å². The highest BCUT2D eigenvalue weighted by molar-refractivity contribution is 8.00. The molecular weight excluding hydrogens is 228 g/mol. The molecule has 2 rings (SSSR count). The van der Waals surface area contributed by atoms with Crippen molar-refractivity contribution in [1.82, 2.24) is 0 Å². The zero-order valence-electron chi connectivity index (χ0n) is 8.41. The normalized spacial score (nSPS) is 15.3. The number of aryl methyl sites for hydroxylation is 1. The van der Waals surface area contributed by atoms with Gasteiger partial charge in [-0.25, -0.2) is 0 Å². The Morgan fingerprint density at radius 3 is 2.87 bits per heavy atom. The van der Waals surface area contributed by atoms with Gasteiger partial charge < -0.3 is 4.79 Å². The molecule has 0 N–H and O–H groups in total. The molecule has 0 radical (unpaired) electrons. The van der Waals surface area contributed by atoms with Gasteiger partial charge in [-0.1, -0.05) is 17.7 Å². The summed E-state index contributed by atoms with van der Waals surface area (Å²) in [5, 5.41) is 1.61. The molecule has 0 atom stereocenters. The Labute approximate surface area is 99.2 Å². The van der Waals surface area contributed by atoms with E-state index in [9.17, 15) is 4.79 Å². The SMILES string of the molecule is O=CCCc1ccc(SC2CC2)c(Cl)c1. The van der Waals surface area contributed by atoms with Gasteiger partial charge in [0, 0.05) is 16.6 Å². The van der Waals surface area contributed by atoms with Crippen LogP contribution in [0, 0.1) is 0 Å². The minimum Gasteiger partial charge on any atom is -0.303 e. The van der Waals surface area contributed by atoms with Gasteiger partial charge in [-0.05, 0) is 37.0 Å². The number of hydrogen-bond donors (Lipinski definition) is 0. The maximum atomic E-state index is 10.2. The van der Waals surface area contributed by atoms with Gasteiger partial charge in [0.1, 0.15) is 6.29 Å². The van der Waals surface area contributed by atoms with Crippen molar-refractivity contribution < 1.29 is 4.79 Å². The second-order valence-corrected chi connectivity index (χ2v) is 5.54. The van der Waals surface area contributed by atoms with Gasteiger partial charge in [-0.3, -0.25) is 0 Å². The van der Waals surface area contributed by atoms with Crippen LogP contribution in [0.5, 0.6) is 0 Å². The zero-order chi connectivity index (χ0) is 10.7. The van der Waals surface area contributed by atoms with Gasteiger partial charge in [-0.15, -0.1) is 11.8 Å². The van der Waals surface area contributed by atoms with Gasteiger partial charge in [0.05, 0.1) is 5.02 Å². The number of thioether (sulfide) groups is 1. The molecule has 1 saturated carbocycles. The minimum atomic E-state index is 0.575. The highest BCUT2D eigenvalue weighted by Crippen LogP contribution is 2.41. The first-order valence-corrected chi connectivity index (χ1v) is 6.44. The third-order valence-electron chi connectivity index (χ3n) is 2.37. The second kappa shape index (κ2) is 5.04. The van der Waals surface area contributed by atoms with E-state index in [1.807, 2.05) is 17.8 Å². The predicted molar refractivity (Wildman–Crippen MR) is 64.7 cm³/mol. The van der Waals surface area contributed by atoms with Crippen molar-refractivity contribution in [2.75, 3.05) is 0 Å². The van der Waals surface area contributed by atoms with Crippen molar-refractivity contribution in [3.8, 4) is 0 Å². The van der Waals surface area contributed by atoms with Crippen LogP contribution in [-0.2, 0) is 11.2 Å². The molecule has 15 heavy (non-hydrogen) atoms. The van der Waals surface area contributed by atoms with E-state index in [0.717, 1.165) is 28.5 Å². The number of carbonyl (C=O) groups excluding carboxylic acids is 1. The van der Waals surface area contributed by atoms with Crippen molar-refractivity contribution in [2.45, 2.75) is 35.8 Å². The van der Waals surface area contributed by atoms with E-state index in [0.29, 0.717) is 6.42 Å². The molecule has 0 amide bonds. The molecule has 0 unspecified atom stereocenters. The van der Waals surface area contributed by atoms with Crippen LogP contribution in [0.2, 0.25) is 5.02 Å². The quantitative estimate of drug-likeness (QED) is 0.730. The topological polar surface area (TPSA) is 17.1 Å². The van der Waals surface area contributed by atoms with Crippen LogP contribution >= 0.6 is 23.4 Å². The smallest absolute Gasteiger partial charge is 0.120 e. The average molecular weight is 241 g/mol. The summed E-state index contributed by atoms with van der Waals surface area (Å²) in [6.45, 7) is 0. The van der Waals surface area contributed by atoms with Gasteiger partial charge in [-0.2, -0.15) is 0 Å². The third-order valence-corrected chi connectivity index (χ3v) is 4.20. The summed E-state index contributed by atoms with van der Waals surface area (Å²) >= 11 is 8.04. The fourth-order valence-electron chi connectivity index (χ4n) is 1.39. The van der Waals surface area contributed by atoms with Crippen LogP contribution in [0.25, 0.3) is 0 Å². The van der Waals surface area contributed by atoms with Gasteiger partial charge in [0.15, 0.2) is 0 Å². The number of rotatable bonds is 5. The summed E-state index contributed by atoms with van der Waals surface area (Å²) < 4.78 is 0. The maximum absolute atomic E-state index is 10.2. The van der Waals surface area contributed by atoms with E-state index in [4.69, 9.17) is 11.6 Å². The van der Waals surface area contributed by atoms with E-state index in [2.05, 4.69) is 12.1 Å². The first-order valence-electron chi connectivity index (χ1n) is 5.18. The van der Waals surface area contributed by atoms with E-state index >= 15 is 0 Å². The summed E-state index contributed by atoms with van der Waals surface area (Å²) in [6, 6.07) is 6.13. The number of carbonyl (C=O) groups is 1. The summed E-state index contributed by atoms with van der Waals surface area (Å²) in [5.41, 5.74) is 1.15. The molecular formula is C12H13ClOS. The Morgan fingerprint density at radius 1 is 1.47 bits per heavy atom. The molecule has 80 valence electrons. The lowest BCUT2D eigenvalue weighted by molar-refractivity contribution is -0.107. The lowest BCUT2D eigenvalue weighted by atomic mass is 10.1. The summed E-state index contributed by atoms with van der Waals surface area (Å²) in [6.07, 6.45) is 4.94. The molecule has 0 aromatic heterocycles. The van der Waals surface area contributed by atoms with E-state index in [-0.39, 0.29) is 0 Å². The summed E-state index contributed by atoms with van der Waals surface area (Å²) in [4.78, 5) is 11.4. The molecule has 1 aliphatic rings. The van der Waals surface area contributed by atoms with Crippen LogP contribution in [-0.4, -0.2) is 11.5 Å². The van der Waals surface area contributed by atoms with Crippen molar-refractivity contribution in [1.29, 1.82) is 0 Å². The summed E-state index contributed by atoms with van der Waals surface area (Å²) in [7, 11) is 0. The Kier molecular flexibility index (Phi) is 3.71. The number of benzene rings is 1. The fourth-order valence-corrected chi connectivity index (χ4v) is 2.77. The minimum absolute atomic E-state index is 0.575. The first-order chi connectivity index (χ1) is 7.29. The molecule has 3 heteroatoms. The monoisotopic (exact) mass is 240 g/mol. The number of halogens is 1. The number of hydrogen-bond acceptors (Lipinski definition) is 2. The third kappa shape index (κ3) is 3.25. The fraction of sp³-hybridized carbons (Fsp3) is 0.417. The highest BCUT2D eigenvalue weighted by atomic mass is 35.5. The van der Waals surface area contributed by atoms with Crippen LogP contribution < -0.4 is 0 Å². The molecule has 1 aliphatic carbocycles. The van der Waals surface area contributed by atoms with Crippen molar-refractivity contribution in [2.24, 2.45) is 0 Å². The molecule has 0 spiro atoms. The molecule has 0 heterocycles. The van der Waals surface area contributed by atoms with Crippen LogP contribution in [0.3, 0.4) is 0 Å². The zero-order valence-corrected chi connectivity index (χ0v) is 9.98. The maximum Gasteiger partial charge on any atom is 0.120 e. The largest absolute Gasteiger partial charge is 0.303 e. The second-order valence-electron chi connectivity index (χ2n) is 3.79. The van der Waals surface area contributed by atoms with Gasteiger partial charge in [0.25, 0.3) is 0 Å². The van der Waals surface area contributed by atoms with Crippen molar-refractivity contribution >= 4 is 29.6 Å². The van der Waals surface area contributed by atoms with Crippen molar-refractivity contribution in [3.63, 3.8) is 0 Å². The Hall–Kier alpha value is -0.470. The molecule has 0 bridgehead atoms. The van der Waals surface area contributed by atoms with Crippen molar-refractivity contribution in [3.05, 3.63) is 28.8 Å². The average Bonchev–Trinajstić information content (AvgIpc) is 3.02.